The van der Waals surface area contributed by atoms with Crippen molar-refractivity contribution in [3.05, 3.63) is 30.1 Å². The van der Waals surface area contributed by atoms with E-state index in [0.717, 1.165) is 28.4 Å². The van der Waals surface area contributed by atoms with Crippen molar-refractivity contribution in [2.24, 2.45) is 23.5 Å². The van der Waals surface area contributed by atoms with Gasteiger partial charge in [-0.05, 0) is 67.7 Å². The highest BCUT2D eigenvalue weighted by Gasteiger charge is 2.39. The van der Waals surface area contributed by atoms with Gasteiger partial charge in [0.1, 0.15) is 5.82 Å². The highest BCUT2D eigenvalue weighted by Crippen LogP contribution is 2.49. The lowest BCUT2D eigenvalue weighted by molar-refractivity contribution is 0.301. The number of benzene rings is 1. The molecular formula is C16H22FNS. The molecule has 0 heterocycles. The molecule has 2 aliphatic rings. The van der Waals surface area contributed by atoms with Crippen LogP contribution in [0.25, 0.3) is 0 Å². The van der Waals surface area contributed by atoms with E-state index in [1.54, 1.807) is 11.8 Å². The van der Waals surface area contributed by atoms with E-state index in [4.69, 9.17) is 5.73 Å². The molecule has 4 atom stereocenters. The van der Waals surface area contributed by atoms with Gasteiger partial charge in [-0.1, -0.05) is 6.42 Å². The van der Waals surface area contributed by atoms with Crippen LogP contribution in [-0.2, 0) is 0 Å². The molecule has 19 heavy (non-hydrogen) atoms. The summed E-state index contributed by atoms with van der Waals surface area (Å²) in [5, 5.41) is 0. The summed E-state index contributed by atoms with van der Waals surface area (Å²) in [6.45, 7) is 0. The normalized spacial score (nSPS) is 30.7. The molecule has 0 amide bonds. The number of nitrogens with two attached hydrogens (primary N) is 1. The first-order valence-corrected chi connectivity index (χ1v) is 8.33. The van der Waals surface area contributed by atoms with Gasteiger partial charge in [-0.3, -0.25) is 0 Å². The molecule has 2 saturated carbocycles. The second-order valence-corrected chi connectivity index (χ2v) is 7.29. The zero-order chi connectivity index (χ0) is 13.2. The van der Waals surface area contributed by atoms with E-state index in [0.29, 0.717) is 0 Å². The van der Waals surface area contributed by atoms with E-state index < -0.39 is 0 Å². The molecule has 2 aliphatic carbocycles. The molecule has 1 aromatic carbocycles. The number of hydrogen-bond donors (Lipinski definition) is 1. The van der Waals surface area contributed by atoms with Crippen molar-refractivity contribution in [3.63, 3.8) is 0 Å². The minimum absolute atomic E-state index is 0.171. The van der Waals surface area contributed by atoms with Crippen molar-refractivity contribution in [1.82, 2.24) is 0 Å². The van der Waals surface area contributed by atoms with Crippen LogP contribution in [0, 0.1) is 23.6 Å². The zero-order valence-corrected chi connectivity index (χ0v) is 12.0. The molecular weight excluding hydrogens is 257 g/mol. The maximum absolute atomic E-state index is 12.8. The van der Waals surface area contributed by atoms with Crippen molar-refractivity contribution in [2.75, 3.05) is 5.75 Å². The fourth-order valence-corrected chi connectivity index (χ4v) is 4.73. The number of fused-ring (bicyclic) bond motifs is 2. The predicted octanol–water partition coefficient (Wildman–Crippen LogP) is 4.07. The number of hydrogen-bond acceptors (Lipinski definition) is 2. The highest BCUT2D eigenvalue weighted by atomic mass is 32.2. The molecule has 1 nitrogen and oxygen atoms in total. The van der Waals surface area contributed by atoms with Crippen LogP contribution in [0.2, 0.25) is 0 Å². The van der Waals surface area contributed by atoms with Crippen LogP contribution in [0.3, 0.4) is 0 Å². The number of thioether (sulfide) groups is 1. The minimum Gasteiger partial charge on any atom is -0.327 e. The molecule has 0 aromatic heterocycles. The Morgan fingerprint density at radius 2 is 2.00 bits per heavy atom. The van der Waals surface area contributed by atoms with Gasteiger partial charge in [-0.25, -0.2) is 4.39 Å². The molecule has 3 heteroatoms. The first-order chi connectivity index (χ1) is 9.20. The SMILES string of the molecule is NC(CSc1ccc(F)cc1)CC1CC2CCC1C2. The molecule has 0 spiro atoms. The fraction of sp³-hybridized carbons (Fsp3) is 0.625. The Kier molecular flexibility index (Phi) is 4.13. The summed E-state index contributed by atoms with van der Waals surface area (Å²) in [5.41, 5.74) is 6.27. The fourth-order valence-electron chi connectivity index (χ4n) is 3.86. The summed E-state index contributed by atoms with van der Waals surface area (Å²) in [6.07, 6.45) is 6.95. The monoisotopic (exact) mass is 279 g/mol. The molecule has 0 aliphatic heterocycles. The molecule has 0 saturated heterocycles. The van der Waals surface area contributed by atoms with Crippen LogP contribution < -0.4 is 5.73 Å². The summed E-state index contributed by atoms with van der Waals surface area (Å²) in [5.74, 6) is 3.62. The smallest absolute Gasteiger partial charge is 0.123 e. The van der Waals surface area contributed by atoms with Gasteiger partial charge in [0.05, 0.1) is 0 Å². The van der Waals surface area contributed by atoms with Gasteiger partial charge in [0.15, 0.2) is 0 Å². The first-order valence-electron chi connectivity index (χ1n) is 7.34. The number of halogens is 1. The summed E-state index contributed by atoms with van der Waals surface area (Å²) in [4.78, 5) is 1.12. The largest absolute Gasteiger partial charge is 0.327 e. The molecule has 1 aromatic rings. The van der Waals surface area contributed by atoms with Crippen molar-refractivity contribution in [2.45, 2.75) is 43.0 Å². The summed E-state index contributed by atoms with van der Waals surface area (Å²) >= 11 is 1.75. The van der Waals surface area contributed by atoms with E-state index in [9.17, 15) is 4.39 Å². The Hall–Kier alpha value is -0.540. The maximum atomic E-state index is 12.8. The third kappa shape index (κ3) is 3.32. The molecule has 3 rings (SSSR count). The molecule has 2 fully saturated rings. The second kappa shape index (κ2) is 5.84. The van der Waals surface area contributed by atoms with Crippen LogP contribution in [-0.4, -0.2) is 11.8 Å². The summed E-state index contributed by atoms with van der Waals surface area (Å²) in [6, 6.07) is 6.99. The van der Waals surface area contributed by atoms with Gasteiger partial charge in [0.25, 0.3) is 0 Å². The van der Waals surface area contributed by atoms with Crippen LogP contribution in [0.4, 0.5) is 4.39 Å². The molecule has 2 N–H and O–H groups in total. The lowest BCUT2D eigenvalue weighted by atomic mass is 9.85. The lowest BCUT2D eigenvalue weighted by Crippen LogP contribution is -2.28. The van der Waals surface area contributed by atoms with Crippen LogP contribution in [0.5, 0.6) is 0 Å². The first kappa shape index (κ1) is 13.4. The topological polar surface area (TPSA) is 26.0 Å². The highest BCUT2D eigenvalue weighted by molar-refractivity contribution is 7.99. The standard InChI is InChI=1S/C16H22FNS/c17-14-3-5-16(6-4-14)19-10-15(18)9-13-8-11-1-2-12(13)7-11/h3-6,11-13,15H,1-2,7-10,18H2. The Bertz CT molecular complexity index is 419. The van der Waals surface area contributed by atoms with Gasteiger partial charge < -0.3 is 5.73 Å². The Labute approximate surface area is 119 Å². The van der Waals surface area contributed by atoms with E-state index in [2.05, 4.69) is 0 Å². The predicted molar refractivity (Wildman–Crippen MR) is 78.7 cm³/mol. The minimum atomic E-state index is -0.171. The van der Waals surface area contributed by atoms with Crippen molar-refractivity contribution in [3.8, 4) is 0 Å². The lowest BCUT2D eigenvalue weighted by Gasteiger charge is -2.24. The van der Waals surface area contributed by atoms with E-state index >= 15 is 0 Å². The van der Waals surface area contributed by atoms with Gasteiger partial charge in [-0.2, -0.15) is 0 Å². The maximum Gasteiger partial charge on any atom is 0.123 e. The molecule has 104 valence electrons. The van der Waals surface area contributed by atoms with Crippen LogP contribution >= 0.6 is 11.8 Å². The van der Waals surface area contributed by atoms with Crippen molar-refractivity contribution < 1.29 is 4.39 Å². The Morgan fingerprint density at radius 3 is 2.63 bits per heavy atom. The quantitative estimate of drug-likeness (QED) is 0.822. The van der Waals surface area contributed by atoms with Crippen molar-refractivity contribution in [1.29, 1.82) is 0 Å². The summed E-state index contributed by atoms with van der Waals surface area (Å²) < 4.78 is 12.8. The van der Waals surface area contributed by atoms with Gasteiger partial charge in [0, 0.05) is 16.7 Å². The van der Waals surface area contributed by atoms with Gasteiger partial charge in [0.2, 0.25) is 0 Å². The van der Waals surface area contributed by atoms with E-state index in [1.807, 2.05) is 12.1 Å². The average molecular weight is 279 g/mol. The number of rotatable bonds is 5. The van der Waals surface area contributed by atoms with Crippen molar-refractivity contribution >= 4 is 11.8 Å². The van der Waals surface area contributed by atoms with Crippen LogP contribution in [0.15, 0.2) is 29.2 Å². The molecule has 2 bridgehead atoms. The Morgan fingerprint density at radius 1 is 1.21 bits per heavy atom. The zero-order valence-electron chi connectivity index (χ0n) is 11.2. The van der Waals surface area contributed by atoms with E-state index in [-0.39, 0.29) is 11.9 Å². The van der Waals surface area contributed by atoms with E-state index in [1.165, 1.54) is 44.2 Å². The third-order valence-corrected chi connectivity index (χ3v) is 5.97. The molecule has 4 unspecified atom stereocenters. The molecule has 0 radical (unpaired) electrons. The summed E-state index contributed by atoms with van der Waals surface area (Å²) in [7, 11) is 0. The van der Waals surface area contributed by atoms with Gasteiger partial charge in [-0.15, -0.1) is 11.8 Å². The Balaban J connectivity index is 1.44. The third-order valence-electron chi connectivity index (χ3n) is 4.77. The average Bonchev–Trinajstić information content (AvgIpc) is 3.00. The second-order valence-electron chi connectivity index (χ2n) is 6.20. The van der Waals surface area contributed by atoms with Crippen LogP contribution in [0.1, 0.15) is 32.1 Å². The van der Waals surface area contributed by atoms with Gasteiger partial charge >= 0.3 is 0 Å².